The molecule has 16 heavy (non-hydrogen) atoms. The summed E-state index contributed by atoms with van der Waals surface area (Å²) in [5.74, 6) is 9.02. The normalized spacial score (nSPS) is 12.1. The predicted molar refractivity (Wildman–Crippen MR) is 74.0 cm³/mol. The fourth-order valence-corrected chi connectivity index (χ4v) is 2.82. The molecule has 0 aliphatic heterocycles. The first-order valence-corrected chi connectivity index (χ1v) is 6.82. The van der Waals surface area contributed by atoms with Crippen molar-refractivity contribution in [3.8, 4) is 12.3 Å². The number of nitrogens with two attached hydrogens (primary N) is 1. The molecule has 0 aromatic heterocycles. The van der Waals surface area contributed by atoms with Crippen molar-refractivity contribution in [2.45, 2.75) is 23.8 Å². The van der Waals surface area contributed by atoms with E-state index in [-0.39, 0.29) is 6.04 Å². The third-order valence-corrected chi connectivity index (χ3v) is 3.77. The lowest BCUT2D eigenvalue weighted by Gasteiger charge is -2.13. The summed E-state index contributed by atoms with van der Waals surface area (Å²) in [6.45, 7) is 0. The zero-order chi connectivity index (χ0) is 11.8. The molecule has 0 heterocycles. The standard InChI is InChI=1S/C12H15BrN2S/c1-2-3-6-11(15-14)9-16-12-7-4-5-10(13)8-12/h1,4-5,7-8,11,15H,3,6,9,14H2. The van der Waals surface area contributed by atoms with Crippen molar-refractivity contribution in [2.75, 3.05) is 5.75 Å². The van der Waals surface area contributed by atoms with E-state index in [9.17, 15) is 0 Å². The molecule has 1 aromatic rings. The number of terminal acetylenes is 1. The van der Waals surface area contributed by atoms with Gasteiger partial charge in [-0.15, -0.1) is 24.1 Å². The summed E-state index contributed by atoms with van der Waals surface area (Å²) >= 11 is 5.22. The summed E-state index contributed by atoms with van der Waals surface area (Å²) in [6.07, 6.45) is 6.90. The van der Waals surface area contributed by atoms with Gasteiger partial charge >= 0.3 is 0 Å². The minimum Gasteiger partial charge on any atom is -0.271 e. The van der Waals surface area contributed by atoms with Crippen LogP contribution in [0.25, 0.3) is 0 Å². The Morgan fingerprint density at radius 1 is 1.56 bits per heavy atom. The average molecular weight is 299 g/mol. The zero-order valence-corrected chi connectivity index (χ0v) is 11.4. The van der Waals surface area contributed by atoms with Crippen LogP contribution in [0.5, 0.6) is 0 Å². The highest BCUT2D eigenvalue weighted by molar-refractivity contribution is 9.10. The molecule has 0 bridgehead atoms. The lowest BCUT2D eigenvalue weighted by atomic mass is 10.2. The Morgan fingerprint density at radius 3 is 3.00 bits per heavy atom. The molecule has 0 spiro atoms. The topological polar surface area (TPSA) is 38.0 Å². The van der Waals surface area contributed by atoms with E-state index in [1.54, 1.807) is 11.8 Å². The van der Waals surface area contributed by atoms with Crippen LogP contribution in [0, 0.1) is 12.3 Å². The lowest BCUT2D eigenvalue weighted by molar-refractivity contribution is 0.547. The van der Waals surface area contributed by atoms with Crippen LogP contribution in [0.3, 0.4) is 0 Å². The molecular formula is C12H15BrN2S. The molecule has 1 aromatic carbocycles. The van der Waals surface area contributed by atoms with Gasteiger partial charge in [-0.2, -0.15) is 0 Å². The molecule has 0 aliphatic carbocycles. The van der Waals surface area contributed by atoms with Gasteiger partial charge in [0.2, 0.25) is 0 Å². The zero-order valence-electron chi connectivity index (χ0n) is 8.95. The Morgan fingerprint density at radius 2 is 2.38 bits per heavy atom. The monoisotopic (exact) mass is 298 g/mol. The minimum atomic E-state index is 0.264. The van der Waals surface area contributed by atoms with Crippen molar-refractivity contribution in [3.05, 3.63) is 28.7 Å². The van der Waals surface area contributed by atoms with E-state index in [1.165, 1.54) is 4.90 Å². The number of hydrazine groups is 1. The van der Waals surface area contributed by atoms with E-state index in [1.807, 2.05) is 12.1 Å². The third-order valence-electron chi connectivity index (χ3n) is 2.12. The van der Waals surface area contributed by atoms with Crippen LogP contribution < -0.4 is 11.3 Å². The summed E-state index contributed by atoms with van der Waals surface area (Å²) in [6, 6.07) is 8.49. The van der Waals surface area contributed by atoms with Crippen molar-refractivity contribution >= 4 is 27.7 Å². The van der Waals surface area contributed by atoms with Gasteiger partial charge < -0.3 is 0 Å². The minimum absolute atomic E-state index is 0.264. The smallest absolute Gasteiger partial charge is 0.0313 e. The highest BCUT2D eigenvalue weighted by Crippen LogP contribution is 2.23. The van der Waals surface area contributed by atoms with E-state index in [4.69, 9.17) is 12.3 Å². The summed E-state index contributed by atoms with van der Waals surface area (Å²) in [4.78, 5) is 1.23. The van der Waals surface area contributed by atoms with Crippen LogP contribution in [0.4, 0.5) is 0 Å². The average Bonchev–Trinajstić information content (AvgIpc) is 2.29. The number of rotatable bonds is 6. The Balaban J connectivity index is 2.40. The molecule has 4 heteroatoms. The fourth-order valence-electron chi connectivity index (χ4n) is 1.23. The number of hydrogen-bond acceptors (Lipinski definition) is 3. The molecule has 0 fully saturated rings. The summed E-state index contributed by atoms with van der Waals surface area (Å²) in [7, 11) is 0. The maximum Gasteiger partial charge on any atom is 0.0313 e. The molecule has 86 valence electrons. The molecule has 0 saturated carbocycles. The molecule has 1 unspecified atom stereocenters. The van der Waals surface area contributed by atoms with Crippen molar-refractivity contribution in [3.63, 3.8) is 0 Å². The van der Waals surface area contributed by atoms with Gasteiger partial charge in [0.25, 0.3) is 0 Å². The van der Waals surface area contributed by atoms with Gasteiger partial charge in [0.15, 0.2) is 0 Å². The highest BCUT2D eigenvalue weighted by atomic mass is 79.9. The van der Waals surface area contributed by atoms with Gasteiger partial charge in [-0.3, -0.25) is 11.3 Å². The van der Waals surface area contributed by atoms with Crippen molar-refractivity contribution in [1.82, 2.24) is 5.43 Å². The first-order chi connectivity index (χ1) is 7.76. The third kappa shape index (κ3) is 5.04. The van der Waals surface area contributed by atoms with Gasteiger partial charge in [0, 0.05) is 27.6 Å². The lowest BCUT2D eigenvalue weighted by Crippen LogP contribution is -2.36. The molecule has 0 radical (unpaired) electrons. The van der Waals surface area contributed by atoms with Gasteiger partial charge in [-0.25, -0.2) is 0 Å². The Bertz CT molecular complexity index is 362. The fraction of sp³-hybridized carbons (Fsp3) is 0.333. The predicted octanol–water partition coefficient (Wildman–Crippen LogP) is 2.79. The molecule has 1 atom stereocenters. The molecule has 1 rings (SSSR count). The molecule has 0 saturated heterocycles. The first-order valence-electron chi connectivity index (χ1n) is 5.04. The summed E-state index contributed by atoms with van der Waals surface area (Å²) < 4.78 is 1.10. The van der Waals surface area contributed by atoms with E-state index in [0.29, 0.717) is 0 Å². The summed E-state index contributed by atoms with van der Waals surface area (Å²) in [5.41, 5.74) is 2.79. The number of thioether (sulfide) groups is 1. The Kier molecular flexibility index (Phi) is 6.58. The van der Waals surface area contributed by atoms with E-state index in [2.05, 4.69) is 39.4 Å². The SMILES string of the molecule is C#CCCC(CSc1cccc(Br)c1)NN. The van der Waals surface area contributed by atoms with Crippen molar-refractivity contribution in [2.24, 2.45) is 5.84 Å². The van der Waals surface area contributed by atoms with Gasteiger partial charge in [-0.05, 0) is 24.6 Å². The molecular weight excluding hydrogens is 284 g/mol. The second-order valence-corrected chi connectivity index (χ2v) is 5.38. The first kappa shape index (κ1) is 13.6. The quantitative estimate of drug-likeness (QED) is 0.367. The number of halogens is 1. The Hall–Kier alpha value is -0.470. The van der Waals surface area contributed by atoms with Crippen molar-refractivity contribution < 1.29 is 0 Å². The number of nitrogens with one attached hydrogen (secondary N) is 1. The number of hydrogen-bond donors (Lipinski definition) is 2. The van der Waals surface area contributed by atoms with E-state index in [0.717, 1.165) is 23.1 Å². The van der Waals surface area contributed by atoms with Crippen LogP contribution in [0.2, 0.25) is 0 Å². The van der Waals surface area contributed by atoms with Gasteiger partial charge in [0.05, 0.1) is 0 Å². The largest absolute Gasteiger partial charge is 0.271 e. The molecule has 2 nitrogen and oxygen atoms in total. The van der Waals surface area contributed by atoms with Gasteiger partial charge in [0.1, 0.15) is 0 Å². The highest BCUT2D eigenvalue weighted by Gasteiger charge is 2.06. The maximum absolute atomic E-state index is 5.47. The number of benzene rings is 1. The molecule has 0 amide bonds. The van der Waals surface area contributed by atoms with Crippen LogP contribution in [-0.2, 0) is 0 Å². The summed E-state index contributed by atoms with van der Waals surface area (Å²) in [5, 5.41) is 0. The maximum atomic E-state index is 5.47. The van der Waals surface area contributed by atoms with Crippen LogP contribution >= 0.6 is 27.7 Å². The van der Waals surface area contributed by atoms with Crippen LogP contribution in [0.1, 0.15) is 12.8 Å². The van der Waals surface area contributed by atoms with Gasteiger partial charge in [-0.1, -0.05) is 22.0 Å². The van der Waals surface area contributed by atoms with E-state index < -0.39 is 0 Å². The van der Waals surface area contributed by atoms with Crippen LogP contribution in [-0.4, -0.2) is 11.8 Å². The molecule has 0 aliphatic rings. The molecule has 3 N–H and O–H groups in total. The Labute approximate surface area is 109 Å². The van der Waals surface area contributed by atoms with Crippen molar-refractivity contribution in [1.29, 1.82) is 0 Å². The second kappa shape index (κ2) is 7.75. The van der Waals surface area contributed by atoms with E-state index >= 15 is 0 Å². The second-order valence-electron chi connectivity index (χ2n) is 3.37. The van der Waals surface area contributed by atoms with Crippen LogP contribution in [0.15, 0.2) is 33.6 Å².